The van der Waals surface area contributed by atoms with Crippen molar-refractivity contribution in [3.63, 3.8) is 0 Å². The molecule has 0 aromatic carbocycles. The van der Waals surface area contributed by atoms with E-state index in [4.69, 9.17) is 0 Å². The van der Waals surface area contributed by atoms with Crippen LogP contribution in [0, 0.1) is 17.8 Å². The highest BCUT2D eigenvalue weighted by Gasteiger charge is 2.39. The third kappa shape index (κ3) is 1.70. The molecule has 11 heavy (non-hydrogen) atoms. The molecule has 0 aliphatic heterocycles. The largest absolute Gasteiger partial charge is 0.299 e. The molecule has 0 heterocycles. The van der Waals surface area contributed by atoms with Crippen LogP contribution in [0.3, 0.4) is 0 Å². The lowest BCUT2D eigenvalue weighted by molar-refractivity contribution is -0.104. The molecular formula is C10H14O. The average Bonchev–Trinajstić information content (AvgIpc) is 2.85. The topological polar surface area (TPSA) is 17.1 Å². The predicted octanol–water partition coefficient (Wildman–Crippen LogP) is 2.18. The minimum absolute atomic E-state index is 0.750. The third-order valence-electron chi connectivity index (χ3n) is 2.74. The summed E-state index contributed by atoms with van der Waals surface area (Å²) in [5.74, 6) is 2.61. The standard InChI is InChI=1S/C10H14O/c11-7-1-2-10(8-3-4-8)9-5-6-9/h1-2,7-10H,3-6H2/b2-1+. The summed E-state index contributed by atoms with van der Waals surface area (Å²) in [6.07, 6.45) is 10.3. The molecule has 0 N–H and O–H groups in total. The summed E-state index contributed by atoms with van der Waals surface area (Å²) in [7, 11) is 0. The van der Waals surface area contributed by atoms with Gasteiger partial charge in [-0.1, -0.05) is 6.08 Å². The first-order valence-corrected chi connectivity index (χ1v) is 4.54. The van der Waals surface area contributed by atoms with Gasteiger partial charge in [0.1, 0.15) is 6.29 Å². The normalized spacial score (nSPS) is 24.8. The Bertz CT molecular complexity index is 163. The Balaban J connectivity index is 1.91. The van der Waals surface area contributed by atoms with Gasteiger partial charge in [-0.25, -0.2) is 0 Å². The Morgan fingerprint density at radius 1 is 1.09 bits per heavy atom. The van der Waals surface area contributed by atoms with Crippen LogP contribution in [0.4, 0.5) is 0 Å². The van der Waals surface area contributed by atoms with Crippen molar-refractivity contribution < 1.29 is 4.79 Å². The van der Waals surface area contributed by atoms with E-state index in [1.54, 1.807) is 6.08 Å². The number of allylic oxidation sites excluding steroid dienone is 2. The number of carbonyl (C=O) groups is 1. The minimum atomic E-state index is 0.750. The van der Waals surface area contributed by atoms with Gasteiger partial charge < -0.3 is 0 Å². The summed E-state index contributed by atoms with van der Waals surface area (Å²) in [6.45, 7) is 0. The Labute approximate surface area is 67.5 Å². The second kappa shape index (κ2) is 2.80. The van der Waals surface area contributed by atoms with Crippen molar-refractivity contribution >= 4 is 6.29 Å². The maximum absolute atomic E-state index is 10.1. The van der Waals surface area contributed by atoms with Crippen LogP contribution in [0.15, 0.2) is 12.2 Å². The van der Waals surface area contributed by atoms with Crippen molar-refractivity contribution in [3.8, 4) is 0 Å². The number of hydrogen-bond acceptors (Lipinski definition) is 1. The summed E-state index contributed by atoms with van der Waals surface area (Å²) in [4.78, 5) is 10.1. The average molecular weight is 150 g/mol. The lowest BCUT2D eigenvalue weighted by atomic mass is 9.98. The van der Waals surface area contributed by atoms with Gasteiger partial charge in [0.2, 0.25) is 0 Å². The smallest absolute Gasteiger partial charge is 0.142 e. The first-order valence-electron chi connectivity index (χ1n) is 4.54. The Hall–Kier alpha value is -0.590. The van der Waals surface area contributed by atoms with Crippen LogP contribution in [-0.4, -0.2) is 6.29 Å². The van der Waals surface area contributed by atoms with E-state index >= 15 is 0 Å². The van der Waals surface area contributed by atoms with Gasteiger partial charge in [0, 0.05) is 0 Å². The molecule has 2 aliphatic rings. The summed E-state index contributed by atoms with van der Waals surface area (Å²) in [5.41, 5.74) is 0. The Morgan fingerprint density at radius 3 is 2.00 bits per heavy atom. The molecule has 0 unspecified atom stereocenters. The number of carbonyl (C=O) groups excluding carboxylic acids is 1. The lowest BCUT2D eigenvalue weighted by Gasteiger charge is -2.07. The van der Waals surface area contributed by atoms with Gasteiger partial charge in [0.05, 0.1) is 0 Å². The highest BCUT2D eigenvalue weighted by Crippen LogP contribution is 2.49. The molecule has 0 bridgehead atoms. The van der Waals surface area contributed by atoms with Crippen LogP contribution in [0.1, 0.15) is 25.7 Å². The van der Waals surface area contributed by atoms with Crippen LogP contribution < -0.4 is 0 Å². The van der Waals surface area contributed by atoms with Gasteiger partial charge in [0.15, 0.2) is 0 Å². The van der Waals surface area contributed by atoms with E-state index in [0.717, 1.165) is 24.0 Å². The van der Waals surface area contributed by atoms with Gasteiger partial charge in [-0.3, -0.25) is 4.79 Å². The van der Waals surface area contributed by atoms with Crippen LogP contribution in [0.2, 0.25) is 0 Å². The second-order valence-corrected chi connectivity index (χ2v) is 3.77. The summed E-state index contributed by atoms with van der Waals surface area (Å²) in [6, 6.07) is 0. The maximum Gasteiger partial charge on any atom is 0.142 e. The minimum Gasteiger partial charge on any atom is -0.299 e. The van der Waals surface area contributed by atoms with Crippen molar-refractivity contribution in [2.75, 3.05) is 0 Å². The lowest BCUT2D eigenvalue weighted by Crippen LogP contribution is -2.01. The van der Waals surface area contributed by atoms with E-state index in [2.05, 4.69) is 6.08 Å². The van der Waals surface area contributed by atoms with Crippen molar-refractivity contribution in [1.29, 1.82) is 0 Å². The second-order valence-electron chi connectivity index (χ2n) is 3.77. The van der Waals surface area contributed by atoms with Crippen molar-refractivity contribution in [3.05, 3.63) is 12.2 Å². The van der Waals surface area contributed by atoms with E-state index < -0.39 is 0 Å². The van der Waals surface area contributed by atoms with E-state index in [-0.39, 0.29) is 0 Å². The summed E-state index contributed by atoms with van der Waals surface area (Å²) in [5, 5.41) is 0. The predicted molar refractivity (Wildman–Crippen MR) is 44.1 cm³/mol. The summed E-state index contributed by atoms with van der Waals surface area (Å²) >= 11 is 0. The maximum atomic E-state index is 10.1. The highest BCUT2D eigenvalue weighted by atomic mass is 16.1. The van der Waals surface area contributed by atoms with Gasteiger partial charge in [0.25, 0.3) is 0 Å². The zero-order valence-electron chi connectivity index (χ0n) is 6.70. The molecule has 0 aromatic rings. The summed E-state index contributed by atoms with van der Waals surface area (Å²) < 4.78 is 0. The number of hydrogen-bond donors (Lipinski definition) is 0. The Kier molecular flexibility index (Phi) is 1.80. The molecule has 1 nitrogen and oxygen atoms in total. The number of aldehydes is 1. The zero-order chi connectivity index (χ0) is 7.68. The molecule has 2 rings (SSSR count). The molecule has 0 spiro atoms. The molecule has 2 aliphatic carbocycles. The van der Waals surface area contributed by atoms with E-state index in [0.29, 0.717) is 0 Å². The van der Waals surface area contributed by atoms with E-state index in [1.165, 1.54) is 25.7 Å². The van der Waals surface area contributed by atoms with E-state index in [9.17, 15) is 4.79 Å². The fourth-order valence-electron chi connectivity index (χ4n) is 1.84. The fraction of sp³-hybridized carbons (Fsp3) is 0.700. The molecule has 0 aromatic heterocycles. The van der Waals surface area contributed by atoms with Crippen LogP contribution >= 0.6 is 0 Å². The first kappa shape index (κ1) is 7.08. The van der Waals surface area contributed by atoms with Crippen LogP contribution in [0.25, 0.3) is 0 Å². The van der Waals surface area contributed by atoms with Crippen LogP contribution in [-0.2, 0) is 4.79 Å². The van der Waals surface area contributed by atoms with Gasteiger partial charge in [-0.05, 0) is 49.5 Å². The molecule has 2 saturated carbocycles. The van der Waals surface area contributed by atoms with Crippen LogP contribution in [0.5, 0.6) is 0 Å². The van der Waals surface area contributed by atoms with Crippen molar-refractivity contribution in [1.82, 2.24) is 0 Å². The monoisotopic (exact) mass is 150 g/mol. The van der Waals surface area contributed by atoms with Gasteiger partial charge in [-0.15, -0.1) is 0 Å². The quantitative estimate of drug-likeness (QED) is 0.443. The zero-order valence-corrected chi connectivity index (χ0v) is 6.70. The molecule has 0 radical (unpaired) electrons. The fourth-order valence-corrected chi connectivity index (χ4v) is 1.84. The SMILES string of the molecule is O=C/C=C/C(C1CC1)C1CC1. The molecule has 0 atom stereocenters. The van der Waals surface area contributed by atoms with Crippen molar-refractivity contribution in [2.45, 2.75) is 25.7 Å². The van der Waals surface area contributed by atoms with Crippen molar-refractivity contribution in [2.24, 2.45) is 17.8 Å². The molecular weight excluding hydrogens is 136 g/mol. The highest BCUT2D eigenvalue weighted by molar-refractivity contribution is 5.64. The molecule has 2 fully saturated rings. The van der Waals surface area contributed by atoms with E-state index in [1.807, 2.05) is 0 Å². The van der Waals surface area contributed by atoms with Gasteiger partial charge in [-0.2, -0.15) is 0 Å². The van der Waals surface area contributed by atoms with Gasteiger partial charge >= 0.3 is 0 Å². The molecule has 60 valence electrons. The Morgan fingerprint density at radius 2 is 1.64 bits per heavy atom. The first-order chi connectivity index (χ1) is 5.42. The molecule has 1 heteroatoms. The number of rotatable bonds is 4. The molecule has 0 amide bonds. The third-order valence-corrected chi connectivity index (χ3v) is 2.74. The molecule has 0 saturated heterocycles.